The molecule has 18 heavy (non-hydrogen) atoms. The second kappa shape index (κ2) is 5.32. The molecule has 1 N–H and O–H groups in total. The largest absolute Gasteiger partial charge is 0.358 e. The van der Waals surface area contributed by atoms with Crippen LogP contribution in [0.5, 0.6) is 0 Å². The molecule has 2 aromatic rings. The van der Waals surface area contributed by atoms with Crippen LogP contribution in [0.4, 0.5) is 5.69 Å². The summed E-state index contributed by atoms with van der Waals surface area (Å²) in [5, 5.41) is 13.2. The van der Waals surface area contributed by atoms with Gasteiger partial charge >= 0.3 is 0 Å². The molecule has 0 unspecified atom stereocenters. The average Bonchev–Trinajstić information content (AvgIpc) is 2.77. The molecule has 0 bridgehead atoms. The lowest BCUT2D eigenvalue weighted by Gasteiger charge is -1.94. The Kier molecular flexibility index (Phi) is 3.78. The van der Waals surface area contributed by atoms with Crippen LogP contribution in [-0.4, -0.2) is 28.6 Å². The molecule has 0 atom stereocenters. The van der Waals surface area contributed by atoms with Gasteiger partial charge in [0.15, 0.2) is 4.34 Å². The molecule has 2 rings (SSSR count). The first-order valence-corrected chi connectivity index (χ1v) is 6.78. The second-order valence-corrected chi connectivity index (χ2v) is 5.60. The number of nitrogens with one attached hydrogen (secondary N) is 1. The smallest absolute Gasteiger partial charge is 0.270 e. The normalized spacial score (nSPS) is 10.5. The van der Waals surface area contributed by atoms with Crippen LogP contribution in [0, 0.1) is 10.1 Å². The summed E-state index contributed by atoms with van der Waals surface area (Å²) in [4.78, 5) is 25.6. The van der Waals surface area contributed by atoms with E-state index in [-0.39, 0.29) is 11.6 Å². The number of carbonyl (C=O) groups excluding carboxylic acids is 1. The second-order valence-electron chi connectivity index (χ2n) is 3.35. The highest BCUT2D eigenvalue weighted by Gasteiger charge is 2.11. The van der Waals surface area contributed by atoms with Crippen molar-refractivity contribution in [2.75, 3.05) is 12.8 Å². The van der Waals surface area contributed by atoms with Crippen LogP contribution in [0.2, 0.25) is 0 Å². The van der Waals surface area contributed by atoms with E-state index >= 15 is 0 Å². The van der Waals surface area contributed by atoms with Gasteiger partial charge in [0.05, 0.1) is 20.9 Å². The Balaban J connectivity index is 2.22. The van der Waals surface area contributed by atoms with E-state index in [0.717, 1.165) is 9.04 Å². The van der Waals surface area contributed by atoms with E-state index in [9.17, 15) is 14.9 Å². The first kappa shape index (κ1) is 12.8. The number of hydrogen-bond acceptors (Lipinski definition) is 6. The molecular formula is C10H9N3O3S2. The number of thioether (sulfide) groups is 1. The van der Waals surface area contributed by atoms with Crippen LogP contribution in [-0.2, 0) is 4.79 Å². The summed E-state index contributed by atoms with van der Waals surface area (Å²) in [6.07, 6.45) is 0. The van der Waals surface area contributed by atoms with E-state index in [0.29, 0.717) is 11.3 Å². The number of nitrogens with zero attached hydrogens (tertiary/aromatic N) is 2. The first-order chi connectivity index (χ1) is 8.60. The van der Waals surface area contributed by atoms with Gasteiger partial charge in [0.1, 0.15) is 0 Å². The number of non-ortho nitro benzene ring substituents is 1. The number of thiazole rings is 1. The zero-order chi connectivity index (χ0) is 13.1. The van der Waals surface area contributed by atoms with E-state index in [2.05, 4.69) is 10.3 Å². The molecule has 0 radical (unpaired) electrons. The number of hydrogen-bond donors (Lipinski definition) is 1. The molecular weight excluding hydrogens is 274 g/mol. The topological polar surface area (TPSA) is 85.1 Å². The van der Waals surface area contributed by atoms with Crippen molar-refractivity contribution in [1.29, 1.82) is 0 Å². The van der Waals surface area contributed by atoms with E-state index in [1.165, 1.54) is 35.2 Å². The van der Waals surface area contributed by atoms with Crippen molar-refractivity contribution in [2.45, 2.75) is 4.34 Å². The monoisotopic (exact) mass is 283 g/mol. The highest BCUT2D eigenvalue weighted by Crippen LogP contribution is 2.31. The summed E-state index contributed by atoms with van der Waals surface area (Å²) in [5.74, 6) is 0.212. The average molecular weight is 283 g/mol. The highest BCUT2D eigenvalue weighted by atomic mass is 32.2. The maximum Gasteiger partial charge on any atom is 0.270 e. The summed E-state index contributed by atoms with van der Waals surface area (Å²) >= 11 is 2.67. The lowest BCUT2D eigenvalue weighted by Crippen LogP contribution is -2.19. The molecule has 1 aromatic carbocycles. The van der Waals surface area contributed by atoms with Gasteiger partial charge in [-0.1, -0.05) is 11.8 Å². The minimum absolute atomic E-state index is 0.0500. The molecule has 94 valence electrons. The molecule has 0 spiro atoms. The summed E-state index contributed by atoms with van der Waals surface area (Å²) in [6, 6.07) is 4.54. The Hall–Kier alpha value is -1.67. The Morgan fingerprint density at radius 1 is 1.61 bits per heavy atom. The van der Waals surface area contributed by atoms with Crippen LogP contribution >= 0.6 is 23.1 Å². The Labute approximate surface area is 111 Å². The van der Waals surface area contributed by atoms with Crippen LogP contribution < -0.4 is 5.32 Å². The minimum atomic E-state index is -0.434. The van der Waals surface area contributed by atoms with Gasteiger partial charge in [-0.15, -0.1) is 11.3 Å². The molecule has 1 amide bonds. The van der Waals surface area contributed by atoms with E-state index in [1.54, 1.807) is 13.1 Å². The number of aromatic nitrogens is 1. The molecule has 8 heteroatoms. The van der Waals surface area contributed by atoms with Crippen LogP contribution in [0.3, 0.4) is 0 Å². The van der Waals surface area contributed by atoms with Crippen molar-refractivity contribution in [1.82, 2.24) is 10.3 Å². The molecule has 0 aliphatic heterocycles. The lowest BCUT2D eigenvalue weighted by molar-refractivity contribution is -0.384. The van der Waals surface area contributed by atoms with E-state index in [1.807, 2.05) is 0 Å². The van der Waals surface area contributed by atoms with Gasteiger partial charge in [0.25, 0.3) is 5.69 Å². The van der Waals surface area contributed by atoms with E-state index < -0.39 is 4.92 Å². The van der Waals surface area contributed by atoms with Gasteiger partial charge in [-0.2, -0.15) is 0 Å². The third kappa shape index (κ3) is 2.77. The van der Waals surface area contributed by atoms with Gasteiger partial charge < -0.3 is 5.32 Å². The van der Waals surface area contributed by atoms with E-state index in [4.69, 9.17) is 0 Å². The quantitative estimate of drug-likeness (QED) is 0.527. The molecule has 1 aromatic heterocycles. The molecule has 0 aliphatic carbocycles. The Bertz CT molecular complexity index is 611. The van der Waals surface area contributed by atoms with Crippen molar-refractivity contribution in [2.24, 2.45) is 0 Å². The number of rotatable bonds is 4. The number of nitro benzene ring substituents is 1. The Morgan fingerprint density at radius 2 is 2.39 bits per heavy atom. The fraction of sp³-hybridized carbons (Fsp3) is 0.200. The maximum absolute atomic E-state index is 11.1. The Morgan fingerprint density at radius 3 is 3.06 bits per heavy atom. The molecule has 6 nitrogen and oxygen atoms in total. The van der Waals surface area contributed by atoms with Crippen LogP contribution in [0.1, 0.15) is 0 Å². The summed E-state index contributed by atoms with van der Waals surface area (Å²) in [6.45, 7) is 0. The predicted octanol–water partition coefficient (Wildman–Crippen LogP) is 2.04. The molecule has 0 saturated carbocycles. The molecule has 0 aliphatic rings. The third-order valence-electron chi connectivity index (χ3n) is 2.17. The molecule has 0 fully saturated rings. The van der Waals surface area contributed by atoms with Gasteiger partial charge in [0, 0.05) is 19.2 Å². The van der Waals surface area contributed by atoms with Gasteiger partial charge in [-0.05, 0) is 6.07 Å². The van der Waals surface area contributed by atoms with Crippen molar-refractivity contribution < 1.29 is 9.72 Å². The van der Waals surface area contributed by atoms with Crippen molar-refractivity contribution in [3.05, 3.63) is 28.3 Å². The number of amides is 1. The first-order valence-electron chi connectivity index (χ1n) is 4.98. The summed E-state index contributed by atoms with van der Waals surface area (Å²) in [7, 11) is 1.57. The lowest BCUT2D eigenvalue weighted by atomic mass is 10.3. The fourth-order valence-electron chi connectivity index (χ4n) is 1.27. The van der Waals surface area contributed by atoms with Gasteiger partial charge in [0.2, 0.25) is 5.91 Å². The van der Waals surface area contributed by atoms with Gasteiger partial charge in [-0.3, -0.25) is 14.9 Å². The van der Waals surface area contributed by atoms with Crippen LogP contribution in [0.25, 0.3) is 10.2 Å². The third-order valence-corrected chi connectivity index (χ3v) is 4.33. The maximum atomic E-state index is 11.1. The van der Waals surface area contributed by atoms with Crippen molar-refractivity contribution >= 4 is 44.9 Å². The number of fused-ring (bicyclic) bond motifs is 1. The predicted molar refractivity (Wildman–Crippen MR) is 71.1 cm³/mol. The number of carbonyl (C=O) groups is 1. The summed E-state index contributed by atoms with van der Waals surface area (Å²) < 4.78 is 1.48. The van der Waals surface area contributed by atoms with Crippen molar-refractivity contribution in [3.63, 3.8) is 0 Å². The summed E-state index contributed by atoms with van der Waals surface area (Å²) in [5.41, 5.74) is 0.763. The minimum Gasteiger partial charge on any atom is -0.358 e. The fourth-order valence-corrected chi connectivity index (χ4v) is 3.24. The van der Waals surface area contributed by atoms with Gasteiger partial charge in [-0.25, -0.2) is 4.98 Å². The molecule has 0 saturated heterocycles. The van der Waals surface area contributed by atoms with Crippen LogP contribution in [0.15, 0.2) is 22.5 Å². The standard InChI is InChI=1S/C10H9N3O3S2/c1-11-9(14)5-17-10-12-7-3-2-6(13(15)16)4-8(7)18-10/h2-4H,5H2,1H3,(H,11,14). The molecule has 1 heterocycles. The zero-order valence-corrected chi connectivity index (χ0v) is 11.0. The number of benzene rings is 1. The highest BCUT2D eigenvalue weighted by molar-refractivity contribution is 8.01. The number of nitro groups is 1. The zero-order valence-electron chi connectivity index (χ0n) is 9.37. The SMILES string of the molecule is CNC(=O)CSc1nc2ccc([N+](=O)[O-])cc2s1. The van der Waals surface area contributed by atoms with Crippen molar-refractivity contribution in [3.8, 4) is 0 Å².